The molecule has 1 aliphatic carbocycles. The molecule has 2 aliphatic heterocycles. The number of hydrogen-bond donors (Lipinski definition) is 2. The van der Waals surface area contributed by atoms with Crippen LogP contribution < -0.4 is 5.32 Å². The van der Waals surface area contributed by atoms with Gasteiger partial charge in [-0.3, -0.25) is 9.69 Å². The maximum absolute atomic E-state index is 13.1. The smallest absolute Gasteiger partial charge is 0.408 e. The molecule has 5 atom stereocenters. The molecule has 4 heterocycles. The summed E-state index contributed by atoms with van der Waals surface area (Å²) in [6, 6.07) is 7.62. The Morgan fingerprint density at radius 1 is 1.25 bits per heavy atom. The van der Waals surface area contributed by atoms with Crippen molar-refractivity contribution in [3.05, 3.63) is 57.3 Å². The molecule has 2 amide bonds. The number of amides is 2. The van der Waals surface area contributed by atoms with E-state index < -0.39 is 6.09 Å². The molecular weight excluding hydrogens is 496 g/mol. The van der Waals surface area contributed by atoms with Gasteiger partial charge >= 0.3 is 6.09 Å². The summed E-state index contributed by atoms with van der Waals surface area (Å²) in [5, 5.41) is 16.7. The van der Waals surface area contributed by atoms with Crippen LogP contribution in [0, 0.1) is 6.92 Å². The fourth-order valence-electron chi connectivity index (χ4n) is 6.68. The van der Waals surface area contributed by atoms with E-state index in [0.29, 0.717) is 29.3 Å². The number of aryl methyl sites for hydroxylation is 1. The first-order valence-electron chi connectivity index (χ1n) is 12.6. The summed E-state index contributed by atoms with van der Waals surface area (Å²) in [7, 11) is 0. The molecule has 1 saturated carbocycles. The second-order valence-corrected chi connectivity index (χ2v) is 11.8. The van der Waals surface area contributed by atoms with E-state index >= 15 is 0 Å². The summed E-state index contributed by atoms with van der Waals surface area (Å²) in [6.45, 7) is 3.97. The predicted octanol–water partition coefficient (Wildman–Crippen LogP) is 6.11. The van der Waals surface area contributed by atoms with Crippen LogP contribution in [0.2, 0.25) is 5.02 Å². The number of carbonyl (C=O) groups excluding carboxylic acids is 1. The number of carbonyl (C=O) groups is 2. The molecule has 6 rings (SSSR count). The van der Waals surface area contributed by atoms with Gasteiger partial charge in [-0.05, 0) is 80.5 Å². The van der Waals surface area contributed by atoms with Crippen LogP contribution in [0.1, 0.15) is 84.7 Å². The molecule has 2 N–H and O–H groups in total. The van der Waals surface area contributed by atoms with Crippen molar-refractivity contribution in [1.29, 1.82) is 0 Å². The van der Waals surface area contributed by atoms with Crippen LogP contribution in [0.5, 0.6) is 0 Å². The van der Waals surface area contributed by atoms with Gasteiger partial charge in [0.1, 0.15) is 10.7 Å². The number of fused-ring (bicyclic) bond motifs is 3. The number of halogens is 1. The summed E-state index contributed by atoms with van der Waals surface area (Å²) in [4.78, 5) is 36.9. The lowest BCUT2D eigenvalue weighted by molar-refractivity contribution is 0.0365. The molecule has 0 spiro atoms. The number of nitrogens with one attached hydrogen (secondary N) is 1. The first-order chi connectivity index (χ1) is 17.3. The number of hydrogen-bond acceptors (Lipinski definition) is 5. The van der Waals surface area contributed by atoms with Gasteiger partial charge in [0.25, 0.3) is 5.91 Å². The fourth-order valence-corrected chi connectivity index (χ4v) is 7.82. The highest BCUT2D eigenvalue weighted by Crippen LogP contribution is 2.57. The van der Waals surface area contributed by atoms with Crippen molar-refractivity contribution < 1.29 is 14.7 Å². The standard InChI is InChI=1S/C27H29ClN4O3S/c1-3-27-8-6-17(32(27)26(34)35)11-16(13-27)31-24(33)15-4-5-18(22(28)10-15)20-12-21(20)23-19-7-9-36-25(19)30-14(2)29-23/h4-5,7,9-10,16-17,20-21H,3,6,8,11-13H2,1-2H3,(H,31,33)(H,34,35). The van der Waals surface area contributed by atoms with Crippen LogP contribution in [0.25, 0.3) is 10.2 Å². The first kappa shape index (κ1) is 23.7. The zero-order chi connectivity index (χ0) is 25.2. The van der Waals surface area contributed by atoms with E-state index in [1.54, 1.807) is 22.3 Å². The first-order valence-corrected chi connectivity index (χ1v) is 13.9. The fraction of sp³-hybridized carbons (Fsp3) is 0.481. The molecule has 1 aromatic carbocycles. The van der Waals surface area contributed by atoms with Gasteiger partial charge in [0.05, 0.1) is 5.69 Å². The van der Waals surface area contributed by atoms with Gasteiger partial charge in [-0.25, -0.2) is 14.8 Å². The minimum absolute atomic E-state index is 0.0283. The molecule has 2 saturated heterocycles. The molecule has 0 radical (unpaired) electrons. The topological polar surface area (TPSA) is 95.4 Å². The summed E-state index contributed by atoms with van der Waals surface area (Å²) in [6.07, 6.45) is 3.93. The van der Waals surface area contributed by atoms with E-state index in [2.05, 4.69) is 21.7 Å². The number of benzene rings is 1. The average Bonchev–Trinajstić information content (AvgIpc) is 3.40. The third-order valence-corrected chi connectivity index (χ3v) is 9.61. The Balaban J connectivity index is 1.16. The molecule has 2 aromatic heterocycles. The Morgan fingerprint density at radius 3 is 2.83 bits per heavy atom. The number of nitrogens with zero attached hydrogens (tertiary/aromatic N) is 3. The largest absolute Gasteiger partial charge is 0.465 e. The zero-order valence-electron chi connectivity index (χ0n) is 20.3. The molecule has 9 heteroatoms. The SMILES string of the molecule is CCC12CCC(CC(NC(=O)c3ccc(C4CC4c4nc(C)nc5sccc45)c(Cl)c3)C1)N2C(=O)O. The summed E-state index contributed by atoms with van der Waals surface area (Å²) < 4.78 is 0. The second kappa shape index (κ2) is 8.70. The molecule has 3 fully saturated rings. The van der Waals surface area contributed by atoms with Gasteiger partial charge in [0, 0.05) is 39.5 Å². The predicted molar refractivity (Wildman–Crippen MR) is 140 cm³/mol. The third kappa shape index (κ3) is 3.86. The van der Waals surface area contributed by atoms with E-state index in [1.165, 1.54) is 0 Å². The van der Waals surface area contributed by atoms with E-state index in [0.717, 1.165) is 53.0 Å². The maximum Gasteiger partial charge on any atom is 0.408 e. The van der Waals surface area contributed by atoms with Gasteiger partial charge in [-0.2, -0.15) is 0 Å². The van der Waals surface area contributed by atoms with Crippen LogP contribution in [-0.2, 0) is 0 Å². The zero-order valence-corrected chi connectivity index (χ0v) is 21.9. The second-order valence-electron chi connectivity index (χ2n) is 10.5. The number of carboxylic acid groups (broad SMARTS) is 1. The van der Waals surface area contributed by atoms with E-state index in [-0.39, 0.29) is 29.4 Å². The Bertz CT molecular complexity index is 1380. The lowest BCUT2D eigenvalue weighted by Crippen LogP contribution is -2.58. The molecule has 3 aromatic rings. The Kier molecular flexibility index (Phi) is 5.72. The van der Waals surface area contributed by atoms with Crippen LogP contribution >= 0.6 is 22.9 Å². The number of aromatic nitrogens is 2. The molecule has 7 nitrogen and oxygen atoms in total. The highest BCUT2D eigenvalue weighted by atomic mass is 35.5. The van der Waals surface area contributed by atoms with Crippen molar-refractivity contribution in [2.75, 3.05) is 0 Å². The molecular formula is C27H29ClN4O3S. The Hall–Kier alpha value is -2.71. The van der Waals surface area contributed by atoms with E-state index in [4.69, 9.17) is 16.6 Å². The normalized spacial score (nSPS) is 28.9. The van der Waals surface area contributed by atoms with Crippen molar-refractivity contribution in [3.63, 3.8) is 0 Å². The van der Waals surface area contributed by atoms with Gasteiger partial charge in [0.15, 0.2) is 0 Å². The minimum atomic E-state index is -0.846. The van der Waals surface area contributed by atoms with Gasteiger partial charge in [-0.15, -0.1) is 11.3 Å². The van der Waals surface area contributed by atoms with Crippen LogP contribution in [0.15, 0.2) is 29.6 Å². The molecule has 188 valence electrons. The maximum atomic E-state index is 13.1. The van der Waals surface area contributed by atoms with Crippen molar-refractivity contribution in [2.45, 2.75) is 81.8 Å². The van der Waals surface area contributed by atoms with Crippen LogP contribution in [0.4, 0.5) is 4.79 Å². The van der Waals surface area contributed by atoms with Gasteiger partial charge in [0.2, 0.25) is 0 Å². The van der Waals surface area contributed by atoms with Crippen LogP contribution in [0.3, 0.4) is 0 Å². The highest BCUT2D eigenvalue weighted by molar-refractivity contribution is 7.16. The summed E-state index contributed by atoms with van der Waals surface area (Å²) in [5.41, 5.74) is 2.31. The molecule has 36 heavy (non-hydrogen) atoms. The van der Waals surface area contributed by atoms with Crippen molar-refractivity contribution in [2.24, 2.45) is 0 Å². The quantitative estimate of drug-likeness (QED) is 0.420. The van der Waals surface area contributed by atoms with Crippen LogP contribution in [-0.4, -0.2) is 49.6 Å². The lowest BCUT2D eigenvalue weighted by atomic mass is 9.83. The number of piperidine rings is 1. The van der Waals surface area contributed by atoms with Gasteiger partial charge in [-0.1, -0.05) is 24.6 Å². The molecule has 2 bridgehead atoms. The van der Waals surface area contributed by atoms with Crippen molar-refractivity contribution in [1.82, 2.24) is 20.2 Å². The van der Waals surface area contributed by atoms with Gasteiger partial charge < -0.3 is 10.4 Å². The summed E-state index contributed by atoms with van der Waals surface area (Å²) in [5.74, 6) is 1.23. The number of rotatable bonds is 5. The molecule has 5 unspecified atom stereocenters. The third-order valence-electron chi connectivity index (χ3n) is 8.47. The highest BCUT2D eigenvalue weighted by Gasteiger charge is 2.53. The van der Waals surface area contributed by atoms with Crippen molar-refractivity contribution in [3.8, 4) is 0 Å². The number of thiophene rings is 1. The monoisotopic (exact) mass is 524 g/mol. The summed E-state index contributed by atoms with van der Waals surface area (Å²) >= 11 is 8.34. The van der Waals surface area contributed by atoms with E-state index in [9.17, 15) is 14.7 Å². The van der Waals surface area contributed by atoms with E-state index in [1.807, 2.05) is 26.0 Å². The Morgan fingerprint density at radius 2 is 2.08 bits per heavy atom. The molecule has 3 aliphatic rings. The lowest BCUT2D eigenvalue weighted by Gasteiger charge is -2.46. The Labute approximate surface area is 218 Å². The average molecular weight is 525 g/mol. The van der Waals surface area contributed by atoms with Crippen molar-refractivity contribution >= 4 is 45.2 Å². The minimum Gasteiger partial charge on any atom is -0.465 e.